The number of fused-ring (bicyclic) bond motifs is 3. The molecule has 174 valence electrons. The minimum Gasteiger partial charge on any atom is -0.450 e. The van der Waals surface area contributed by atoms with Crippen molar-refractivity contribution >= 4 is 29.1 Å². The molecule has 3 aliphatic rings. The Hall–Kier alpha value is -2.90. The largest absolute Gasteiger partial charge is 0.450 e. The lowest BCUT2D eigenvalue weighted by Crippen LogP contribution is -2.52. The van der Waals surface area contributed by atoms with E-state index in [-0.39, 0.29) is 5.91 Å². The van der Waals surface area contributed by atoms with Crippen molar-refractivity contribution in [3.05, 3.63) is 53.6 Å². The Bertz CT molecular complexity index is 1040. The van der Waals surface area contributed by atoms with Gasteiger partial charge in [-0.15, -0.1) is 0 Å². The van der Waals surface area contributed by atoms with Crippen LogP contribution in [0.4, 0.5) is 21.9 Å². The van der Waals surface area contributed by atoms with Crippen LogP contribution in [-0.2, 0) is 22.4 Å². The van der Waals surface area contributed by atoms with Gasteiger partial charge >= 0.3 is 6.09 Å². The Morgan fingerprint density at radius 2 is 1.85 bits per heavy atom. The lowest BCUT2D eigenvalue weighted by molar-refractivity contribution is -0.119. The number of benzene rings is 2. The van der Waals surface area contributed by atoms with Crippen molar-refractivity contribution in [2.75, 3.05) is 49.5 Å². The number of ether oxygens (including phenoxy) is 1. The van der Waals surface area contributed by atoms with Gasteiger partial charge in [0.05, 0.1) is 24.5 Å². The van der Waals surface area contributed by atoms with Gasteiger partial charge in [-0.25, -0.2) is 4.79 Å². The summed E-state index contributed by atoms with van der Waals surface area (Å²) in [5, 5.41) is 2.79. The molecule has 0 aromatic heterocycles. The van der Waals surface area contributed by atoms with Crippen molar-refractivity contribution in [3.63, 3.8) is 0 Å². The number of nitrogens with one attached hydrogen (secondary N) is 1. The van der Waals surface area contributed by atoms with Gasteiger partial charge in [0.2, 0.25) is 5.91 Å². The quantitative estimate of drug-likeness (QED) is 0.771. The van der Waals surface area contributed by atoms with E-state index in [0.29, 0.717) is 24.9 Å². The zero-order chi connectivity index (χ0) is 22.8. The van der Waals surface area contributed by atoms with Crippen molar-refractivity contribution in [2.24, 2.45) is 0 Å². The summed E-state index contributed by atoms with van der Waals surface area (Å²) in [6.07, 6.45) is 3.71. The van der Waals surface area contributed by atoms with Crippen LogP contribution in [0.3, 0.4) is 0 Å². The minimum atomic E-state index is -0.487. The van der Waals surface area contributed by atoms with E-state index >= 15 is 0 Å². The zero-order valence-electron chi connectivity index (χ0n) is 19.3. The summed E-state index contributed by atoms with van der Waals surface area (Å²) in [6.45, 7) is 6.60. The number of amides is 2. The van der Waals surface area contributed by atoms with Crippen LogP contribution in [0.5, 0.6) is 0 Å². The van der Waals surface area contributed by atoms with Gasteiger partial charge in [-0.2, -0.15) is 0 Å². The van der Waals surface area contributed by atoms with Crippen molar-refractivity contribution in [1.29, 1.82) is 0 Å². The molecule has 0 aliphatic carbocycles. The van der Waals surface area contributed by atoms with Crippen molar-refractivity contribution in [1.82, 2.24) is 9.80 Å². The van der Waals surface area contributed by atoms with Crippen molar-refractivity contribution < 1.29 is 14.3 Å². The average molecular weight is 449 g/mol. The monoisotopic (exact) mass is 448 g/mol. The van der Waals surface area contributed by atoms with Crippen LogP contribution in [0.15, 0.2) is 42.5 Å². The molecular weight excluding hydrogens is 416 g/mol. The Morgan fingerprint density at radius 3 is 2.70 bits per heavy atom. The number of piperazine rings is 1. The van der Waals surface area contributed by atoms with E-state index in [1.54, 1.807) is 6.92 Å². The van der Waals surface area contributed by atoms with Crippen LogP contribution < -0.4 is 10.2 Å². The number of aryl methyl sites for hydroxylation is 2. The fraction of sp³-hybridized carbons (Fsp3) is 0.462. The van der Waals surface area contributed by atoms with Gasteiger partial charge in [0.15, 0.2) is 0 Å². The van der Waals surface area contributed by atoms with Gasteiger partial charge in [-0.05, 0) is 68.5 Å². The standard InChI is InChI=1S/C26H32N4O3/c1-2-33-26(32)27-21-12-11-20-10-9-19-6-3-4-8-23(19)30(24(20)16-21)25(31)18-28-14-15-29-13-5-7-22(29)17-28/h3-4,6,8,11-12,16,22H,2,5,7,9-10,13-15,17-18H2,1H3,(H,27,32)/t22-/m0/s1. The smallest absolute Gasteiger partial charge is 0.411 e. The van der Waals surface area contributed by atoms with Crippen LogP contribution in [0.25, 0.3) is 0 Å². The summed E-state index contributed by atoms with van der Waals surface area (Å²) in [7, 11) is 0. The number of carbonyl (C=O) groups excluding carboxylic acids is 2. The Morgan fingerprint density at radius 1 is 1.03 bits per heavy atom. The molecule has 0 unspecified atom stereocenters. The third-order valence-corrected chi connectivity index (χ3v) is 7.02. The lowest BCUT2D eigenvalue weighted by atomic mass is 10.0. The maximum absolute atomic E-state index is 13.8. The van der Waals surface area contributed by atoms with Crippen LogP contribution in [-0.4, -0.2) is 67.2 Å². The third-order valence-electron chi connectivity index (χ3n) is 7.02. The second kappa shape index (κ2) is 9.53. The molecule has 7 nitrogen and oxygen atoms in total. The fourth-order valence-corrected chi connectivity index (χ4v) is 5.42. The van der Waals surface area contributed by atoms with E-state index in [4.69, 9.17) is 4.74 Å². The molecule has 3 aliphatic heterocycles. The highest BCUT2D eigenvalue weighted by molar-refractivity contribution is 6.04. The molecule has 2 aromatic carbocycles. The number of para-hydroxylation sites is 1. The van der Waals surface area contributed by atoms with Crippen molar-refractivity contribution in [3.8, 4) is 0 Å². The summed E-state index contributed by atoms with van der Waals surface area (Å²) in [4.78, 5) is 32.6. The maximum atomic E-state index is 13.8. The molecule has 1 N–H and O–H groups in total. The second-order valence-corrected chi connectivity index (χ2v) is 9.11. The summed E-state index contributed by atoms with van der Waals surface area (Å²) in [6, 6.07) is 14.5. The lowest BCUT2D eigenvalue weighted by Gasteiger charge is -2.38. The van der Waals surface area contributed by atoms with Gasteiger partial charge in [-0.1, -0.05) is 24.3 Å². The number of anilines is 3. The number of rotatable bonds is 4. The first-order valence-corrected chi connectivity index (χ1v) is 12.1. The highest BCUT2D eigenvalue weighted by Gasteiger charge is 2.33. The summed E-state index contributed by atoms with van der Waals surface area (Å²) >= 11 is 0. The predicted molar refractivity (Wildman–Crippen MR) is 129 cm³/mol. The zero-order valence-corrected chi connectivity index (χ0v) is 19.3. The summed E-state index contributed by atoms with van der Waals surface area (Å²) in [5.41, 5.74) is 4.69. The van der Waals surface area contributed by atoms with Gasteiger partial charge < -0.3 is 4.74 Å². The van der Waals surface area contributed by atoms with Crippen molar-refractivity contribution in [2.45, 2.75) is 38.6 Å². The first-order valence-electron chi connectivity index (χ1n) is 12.1. The van der Waals surface area contributed by atoms with Crippen LogP contribution in [0.1, 0.15) is 30.9 Å². The Labute approximate surface area is 195 Å². The SMILES string of the molecule is CCOC(=O)Nc1ccc2c(c1)N(C(=O)CN1CCN3CCC[C@H]3C1)c1ccccc1CC2. The molecule has 2 saturated heterocycles. The fourth-order valence-electron chi connectivity index (χ4n) is 5.42. The molecule has 1 atom stereocenters. The number of nitrogens with zero attached hydrogens (tertiary/aromatic N) is 3. The van der Waals surface area contributed by atoms with E-state index in [2.05, 4.69) is 21.2 Å². The van der Waals surface area contributed by atoms with E-state index in [1.807, 2.05) is 41.3 Å². The molecule has 33 heavy (non-hydrogen) atoms. The Kier molecular flexibility index (Phi) is 6.33. The summed E-state index contributed by atoms with van der Waals surface area (Å²) in [5.74, 6) is 0.0744. The highest BCUT2D eigenvalue weighted by atomic mass is 16.5. The molecule has 5 rings (SSSR count). The topological polar surface area (TPSA) is 65.1 Å². The molecule has 0 bridgehead atoms. The van der Waals surface area contributed by atoms with Gasteiger partial charge in [0.1, 0.15) is 0 Å². The maximum Gasteiger partial charge on any atom is 0.411 e. The molecule has 2 amide bonds. The molecule has 3 heterocycles. The molecule has 0 radical (unpaired) electrons. The van der Waals surface area contributed by atoms with Gasteiger partial charge in [0.25, 0.3) is 0 Å². The first kappa shape index (κ1) is 21.9. The summed E-state index contributed by atoms with van der Waals surface area (Å²) < 4.78 is 5.04. The van der Waals surface area contributed by atoms with Crippen LogP contribution in [0, 0.1) is 0 Å². The molecule has 2 fully saturated rings. The van der Waals surface area contributed by atoms with E-state index in [0.717, 1.165) is 49.4 Å². The average Bonchev–Trinajstić information content (AvgIpc) is 3.20. The van der Waals surface area contributed by atoms with Gasteiger partial charge in [0, 0.05) is 31.4 Å². The van der Waals surface area contributed by atoms with Crippen LogP contribution in [0.2, 0.25) is 0 Å². The normalized spacial score (nSPS) is 20.4. The second-order valence-electron chi connectivity index (χ2n) is 9.11. The highest BCUT2D eigenvalue weighted by Crippen LogP contribution is 2.38. The minimum absolute atomic E-state index is 0.0744. The van der Waals surface area contributed by atoms with E-state index in [1.165, 1.54) is 24.9 Å². The number of hydrogen-bond donors (Lipinski definition) is 1. The van der Waals surface area contributed by atoms with Gasteiger partial charge in [-0.3, -0.25) is 24.8 Å². The third kappa shape index (κ3) is 4.61. The number of hydrogen-bond acceptors (Lipinski definition) is 5. The first-order chi connectivity index (χ1) is 16.1. The van der Waals surface area contributed by atoms with E-state index in [9.17, 15) is 9.59 Å². The van der Waals surface area contributed by atoms with Crippen LogP contribution >= 0.6 is 0 Å². The van der Waals surface area contributed by atoms with E-state index < -0.39 is 6.09 Å². The predicted octanol–water partition coefficient (Wildman–Crippen LogP) is 3.80. The molecule has 7 heteroatoms. The molecular formula is C26H32N4O3. The molecule has 2 aromatic rings. The molecule has 0 spiro atoms. The Balaban J connectivity index is 1.44. The number of carbonyl (C=O) groups is 2. The molecule has 0 saturated carbocycles.